The maximum Gasteiger partial charge on any atom is 0.410 e. The summed E-state index contributed by atoms with van der Waals surface area (Å²) in [6.45, 7) is 7.87. The highest BCUT2D eigenvalue weighted by Gasteiger charge is 2.32. The van der Waals surface area contributed by atoms with Gasteiger partial charge in [-0.25, -0.2) is 4.79 Å². The Morgan fingerprint density at radius 1 is 0.923 bits per heavy atom. The fourth-order valence-electron chi connectivity index (χ4n) is 6.02. The minimum atomic E-state index is -0.508. The monoisotopic (exact) mass is 527 g/mol. The maximum absolute atomic E-state index is 12.7. The van der Waals surface area contributed by atoms with Gasteiger partial charge in [0.25, 0.3) is 0 Å². The number of hydrogen-bond acceptors (Lipinski definition) is 4. The topological polar surface area (TPSA) is 73.5 Å². The summed E-state index contributed by atoms with van der Waals surface area (Å²) in [5, 5.41) is 1.96. The van der Waals surface area contributed by atoms with Crippen molar-refractivity contribution in [2.24, 2.45) is 5.92 Å². The number of piperidine rings is 1. The van der Waals surface area contributed by atoms with Crippen LogP contribution in [0.1, 0.15) is 73.2 Å². The standard InChI is InChI=1S/C32H37N3O4/c1-32(2,3)39-31(38)34-17-12-23(13-18-34)28(35-20-15-27-25(22-37)8-5-10-30(27)35)11-6-16-33-19-14-26-24(21-36)7-4-9-29(26)33/h4-5,7-10,14-15,19-23,28H,6,11-13,16-18H2,1-3H3. The zero-order valence-electron chi connectivity index (χ0n) is 23.0. The first-order valence-electron chi connectivity index (χ1n) is 13.8. The van der Waals surface area contributed by atoms with E-state index >= 15 is 0 Å². The van der Waals surface area contributed by atoms with E-state index in [0.29, 0.717) is 30.1 Å². The predicted octanol–water partition coefficient (Wildman–Crippen LogP) is 6.89. The average molecular weight is 528 g/mol. The Balaban J connectivity index is 1.36. The Morgan fingerprint density at radius 3 is 2.18 bits per heavy atom. The highest BCUT2D eigenvalue weighted by molar-refractivity contribution is 5.97. The van der Waals surface area contributed by atoms with E-state index < -0.39 is 5.60 Å². The third-order valence-electron chi connectivity index (χ3n) is 7.89. The molecule has 7 nitrogen and oxygen atoms in total. The smallest absolute Gasteiger partial charge is 0.410 e. The summed E-state index contributed by atoms with van der Waals surface area (Å²) in [5.74, 6) is 0.391. The number of carbonyl (C=O) groups excluding carboxylic acids is 3. The van der Waals surface area contributed by atoms with Crippen molar-refractivity contribution in [3.8, 4) is 0 Å². The molecule has 0 saturated carbocycles. The first-order chi connectivity index (χ1) is 18.8. The maximum atomic E-state index is 12.7. The van der Waals surface area contributed by atoms with E-state index in [2.05, 4.69) is 33.7 Å². The Kier molecular flexibility index (Phi) is 7.60. The number of amides is 1. The van der Waals surface area contributed by atoms with Gasteiger partial charge in [0.1, 0.15) is 5.60 Å². The van der Waals surface area contributed by atoms with E-state index in [4.69, 9.17) is 4.74 Å². The zero-order valence-corrected chi connectivity index (χ0v) is 23.0. The molecule has 1 unspecified atom stereocenters. The molecule has 5 rings (SSSR count). The quantitative estimate of drug-likeness (QED) is 0.234. The molecule has 3 heterocycles. The molecule has 4 aromatic rings. The van der Waals surface area contributed by atoms with Crippen LogP contribution < -0.4 is 0 Å². The van der Waals surface area contributed by atoms with E-state index in [1.54, 1.807) is 0 Å². The van der Waals surface area contributed by atoms with Crippen molar-refractivity contribution in [3.05, 3.63) is 72.1 Å². The summed E-state index contributed by atoms with van der Waals surface area (Å²) in [6, 6.07) is 16.0. The van der Waals surface area contributed by atoms with Crippen molar-refractivity contribution in [2.75, 3.05) is 13.1 Å². The van der Waals surface area contributed by atoms with Gasteiger partial charge in [-0.15, -0.1) is 0 Å². The largest absolute Gasteiger partial charge is 0.444 e. The molecule has 0 bridgehead atoms. The van der Waals surface area contributed by atoms with E-state index in [-0.39, 0.29) is 12.1 Å². The number of carbonyl (C=O) groups is 3. The number of aryl methyl sites for hydroxylation is 1. The van der Waals surface area contributed by atoms with Crippen LogP contribution in [0.25, 0.3) is 21.8 Å². The number of aromatic nitrogens is 2. The lowest BCUT2D eigenvalue weighted by molar-refractivity contribution is 0.0160. The van der Waals surface area contributed by atoms with E-state index in [1.807, 2.05) is 62.1 Å². The fraction of sp³-hybridized carbons (Fsp3) is 0.406. The lowest BCUT2D eigenvalue weighted by atomic mass is 9.86. The number of benzene rings is 2. The highest BCUT2D eigenvalue weighted by atomic mass is 16.6. The number of hydrogen-bond donors (Lipinski definition) is 0. The lowest BCUT2D eigenvalue weighted by Gasteiger charge is -2.37. The van der Waals surface area contributed by atoms with Gasteiger partial charge in [-0.1, -0.05) is 24.3 Å². The summed E-state index contributed by atoms with van der Waals surface area (Å²) < 4.78 is 10.2. The minimum absolute atomic E-state index is 0.234. The molecule has 1 fully saturated rings. The third kappa shape index (κ3) is 5.63. The van der Waals surface area contributed by atoms with Gasteiger partial charge in [0, 0.05) is 71.0 Å². The van der Waals surface area contributed by atoms with Crippen molar-refractivity contribution >= 4 is 40.5 Å². The second kappa shape index (κ2) is 11.1. The zero-order chi connectivity index (χ0) is 27.6. The third-order valence-corrected chi connectivity index (χ3v) is 7.89. The number of nitrogens with zero attached hydrogens (tertiary/aromatic N) is 3. The van der Waals surface area contributed by atoms with E-state index in [9.17, 15) is 14.4 Å². The van der Waals surface area contributed by atoms with Gasteiger partial charge in [-0.05, 0) is 76.6 Å². The summed E-state index contributed by atoms with van der Waals surface area (Å²) in [7, 11) is 0. The van der Waals surface area contributed by atoms with Crippen LogP contribution in [0.15, 0.2) is 60.9 Å². The van der Waals surface area contributed by atoms with Crippen LogP contribution in [-0.4, -0.2) is 51.4 Å². The van der Waals surface area contributed by atoms with Crippen LogP contribution in [0.2, 0.25) is 0 Å². The molecule has 39 heavy (non-hydrogen) atoms. The van der Waals surface area contributed by atoms with Gasteiger partial charge in [0.15, 0.2) is 12.6 Å². The molecule has 1 amide bonds. The molecule has 1 saturated heterocycles. The normalized spacial score (nSPS) is 15.5. The molecule has 1 atom stereocenters. The van der Waals surface area contributed by atoms with Gasteiger partial charge < -0.3 is 18.8 Å². The summed E-state index contributed by atoms with van der Waals surface area (Å²) in [6.07, 6.45) is 9.48. The summed E-state index contributed by atoms with van der Waals surface area (Å²) in [5.41, 5.74) is 3.05. The van der Waals surface area contributed by atoms with Crippen LogP contribution in [0.3, 0.4) is 0 Å². The van der Waals surface area contributed by atoms with Crippen LogP contribution in [-0.2, 0) is 11.3 Å². The Bertz CT molecular complexity index is 1480. The molecule has 2 aromatic carbocycles. The van der Waals surface area contributed by atoms with Crippen LogP contribution >= 0.6 is 0 Å². The molecule has 1 aliphatic rings. The SMILES string of the molecule is CC(C)(C)OC(=O)N1CCC(C(CCCn2ccc3c(C=O)cccc32)n2ccc3c(C=O)cccc32)CC1. The predicted molar refractivity (Wildman–Crippen MR) is 153 cm³/mol. The van der Waals surface area contributed by atoms with Crippen molar-refractivity contribution in [3.63, 3.8) is 0 Å². The number of ether oxygens (including phenoxy) is 1. The molecule has 0 aliphatic carbocycles. The second-order valence-corrected chi connectivity index (χ2v) is 11.5. The van der Waals surface area contributed by atoms with Crippen molar-refractivity contribution in [1.82, 2.24) is 14.0 Å². The number of likely N-dealkylation sites (tertiary alicyclic amines) is 1. The number of aldehydes is 2. The van der Waals surface area contributed by atoms with Crippen molar-refractivity contribution in [1.29, 1.82) is 0 Å². The molecule has 2 aromatic heterocycles. The van der Waals surface area contributed by atoms with Gasteiger partial charge >= 0.3 is 6.09 Å². The molecule has 0 spiro atoms. The van der Waals surface area contributed by atoms with Crippen molar-refractivity contribution < 1.29 is 19.1 Å². The average Bonchev–Trinajstić information content (AvgIpc) is 3.54. The summed E-state index contributed by atoms with van der Waals surface area (Å²) in [4.78, 5) is 37.6. The first-order valence-corrected chi connectivity index (χ1v) is 13.8. The number of rotatable bonds is 8. The molecule has 0 N–H and O–H groups in total. The molecular weight excluding hydrogens is 490 g/mol. The second-order valence-electron chi connectivity index (χ2n) is 11.5. The molecule has 1 aliphatic heterocycles. The van der Waals surface area contributed by atoms with E-state index in [1.165, 1.54) is 0 Å². The molecule has 0 radical (unpaired) electrons. The summed E-state index contributed by atoms with van der Waals surface area (Å²) >= 11 is 0. The van der Waals surface area contributed by atoms with Crippen LogP contribution in [0, 0.1) is 5.92 Å². The first kappa shape index (κ1) is 26.7. The molecule has 7 heteroatoms. The van der Waals surface area contributed by atoms with Crippen LogP contribution in [0.4, 0.5) is 4.79 Å². The molecular formula is C32H37N3O4. The Hall–Kier alpha value is -3.87. The van der Waals surface area contributed by atoms with Crippen LogP contribution in [0.5, 0.6) is 0 Å². The van der Waals surface area contributed by atoms with Crippen molar-refractivity contribution in [2.45, 2.75) is 64.6 Å². The minimum Gasteiger partial charge on any atom is -0.444 e. The number of fused-ring (bicyclic) bond motifs is 2. The van der Waals surface area contributed by atoms with Gasteiger partial charge in [-0.3, -0.25) is 9.59 Å². The van der Waals surface area contributed by atoms with Gasteiger partial charge in [0.05, 0.1) is 0 Å². The highest BCUT2D eigenvalue weighted by Crippen LogP contribution is 2.36. The van der Waals surface area contributed by atoms with Gasteiger partial charge in [0.2, 0.25) is 0 Å². The Morgan fingerprint density at radius 2 is 1.54 bits per heavy atom. The fourth-order valence-corrected chi connectivity index (χ4v) is 6.02. The Labute approximate surface area is 229 Å². The molecule has 204 valence electrons. The van der Waals surface area contributed by atoms with Gasteiger partial charge in [-0.2, -0.15) is 0 Å². The lowest BCUT2D eigenvalue weighted by Crippen LogP contribution is -2.43. The van der Waals surface area contributed by atoms with E-state index in [0.717, 1.165) is 66.6 Å².